The van der Waals surface area contributed by atoms with Gasteiger partial charge in [0.1, 0.15) is 5.75 Å². The van der Waals surface area contributed by atoms with E-state index in [1.165, 1.54) is 0 Å². The molecule has 66 valence electrons. The van der Waals surface area contributed by atoms with Crippen molar-refractivity contribution in [2.24, 2.45) is 11.5 Å². The second-order valence-corrected chi connectivity index (χ2v) is 3.10. The molecule has 0 heterocycles. The molecule has 4 N–H and O–H groups in total. The normalized spacial score (nSPS) is 11.3. The molecule has 0 bridgehead atoms. The van der Waals surface area contributed by atoms with Crippen LogP contribution < -0.4 is 16.2 Å². The standard InChI is InChI=1S/C9H14N2O/c1-7-4-3-5-8(6-7)12-9(2,10)11/h3-6H,10-11H2,1-2H3. The number of benzene rings is 1. The average molecular weight is 166 g/mol. The van der Waals surface area contributed by atoms with E-state index in [2.05, 4.69) is 0 Å². The first-order valence-corrected chi connectivity index (χ1v) is 3.81. The minimum atomic E-state index is -1.10. The summed E-state index contributed by atoms with van der Waals surface area (Å²) < 4.78 is 5.24. The van der Waals surface area contributed by atoms with Crippen LogP contribution in [0.4, 0.5) is 0 Å². The Morgan fingerprint density at radius 3 is 2.50 bits per heavy atom. The summed E-state index contributed by atoms with van der Waals surface area (Å²) >= 11 is 0. The van der Waals surface area contributed by atoms with E-state index in [4.69, 9.17) is 16.2 Å². The highest BCUT2D eigenvalue weighted by Gasteiger charge is 2.11. The highest BCUT2D eigenvalue weighted by atomic mass is 16.5. The Bertz CT molecular complexity index is 265. The van der Waals surface area contributed by atoms with Gasteiger partial charge in [-0.15, -0.1) is 0 Å². The van der Waals surface area contributed by atoms with Crippen LogP contribution in [0.3, 0.4) is 0 Å². The van der Waals surface area contributed by atoms with Gasteiger partial charge in [-0.1, -0.05) is 12.1 Å². The van der Waals surface area contributed by atoms with Crippen molar-refractivity contribution in [2.75, 3.05) is 0 Å². The topological polar surface area (TPSA) is 61.3 Å². The van der Waals surface area contributed by atoms with Gasteiger partial charge in [0.15, 0.2) is 0 Å². The van der Waals surface area contributed by atoms with Gasteiger partial charge in [-0.05, 0) is 24.6 Å². The molecular weight excluding hydrogens is 152 g/mol. The number of rotatable bonds is 2. The molecule has 0 aromatic heterocycles. The summed E-state index contributed by atoms with van der Waals surface area (Å²) in [6.07, 6.45) is 0. The number of nitrogens with two attached hydrogens (primary N) is 2. The average Bonchev–Trinajstić information content (AvgIpc) is 1.82. The van der Waals surface area contributed by atoms with E-state index in [0.717, 1.165) is 5.56 Å². The molecule has 0 saturated carbocycles. The maximum atomic E-state index is 5.47. The zero-order valence-corrected chi connectivity index (χ0v) is 7.37. The molecule has 0 aliphatic rings. The van der Waals surface area contributed by atoms with Crippen molar-refractivity contribution in [3.63, 3.8) is 0 Å². The predicted molar refractivity (Wildman–Crippen MR) is 48.6 cm³/mol. The van der Waals surface area contributed by atoms with Crippen molar-refractivity contribution in [1.29, 1.82) is 0 Å². The summed E-state index contributed by atoms with van der Waals surface area (Å²) in [7, 11) is 0. The molecule has 3 heteroatoms. The van der Waals surface area contributed by atoms with Gasteiger partial charge in [-0.3, -0.25) is 11.5 Å². The van der Waals surface area contributed by atoms with Gasteiger partial charge in [-0.2, -0.15) is 0 Å². The van der Waals surface area contributed by atoms with E-state index in [1.54, 1.807) is 6.92 Å². The molecule has 3 nitrogen and oxygen atoms in total. The molecule has 1 aromatic rings. The lowest BCUT2D eigenvalue weighted by Crippen LogP contribution is -2.51. The lowest BCUT2D eigenvalue weighted by atomic mass is 10.2. The van der Waals surface area contributed by atoms with Crippen LogP contribution in [0.1, 0.15) is 12.5 Å². The first-order chi connectivity index (χ1) is 5.47. The molecule has 0 atom stereocenters. The number of ether oxygens (including phenoxy) is 1. The third-order valence-corrected chi connectivity index (χ3v) is 1.33. The van der Waals surface area contributed by atoms with Gasteiger partial charge < -0.3 is 4.74 Å². The quantitative estimate of drug-likeness (QED) is 0.643. The molecule has 0 saturated heterocycles. The monoisotopic (exact) mass is 166 g/mol. The number of hydrogen-bond donors (Lipinski definition) is 2. The summed E-state index contributed by atoms with van der Waals surface area (Å²) in [4.78, 5) is 0. The zero-order valence-electron chi connectivity index (χ0n) is 7.37. The van der Waals surface area contributed by atoms with Gasteiger partial charge >= 0.3 is 0 Å². The number of aryl methyl sites for hydroxylation is 1. The third kappa shape index (κ3) is 2.90. The molecule has 1 rings (SSSR count). The second-order valence-electron chi connectivity index (χ2n) is 3.10. The second kappa shape index (κ2) is 3.13. The fraction of sp³-hybridized carbons (Fsp3) is 0.333. The van der Waals surface area contributed by atoms with E-state index in [-0.39, 0.29) is 0 Å². The van der Waals surface area contributed by atoms with Crippen LogP contribution in [0.15, 0.2) is 24.3 Å². The van der Waals surface area contributed by atoms with Crippen LogP contribution in [-0.2, 0) is 0 Å². The predicted octanol–water partition coefficient (Wildman–Crippen LogP) is 0.965. The highest BCUT2D eigenvalue weighted by Crippen LogP contribution is 2.14. The van der Waals surface area contributed by atoms with Gasteiger partial charge in [0.25, 0.3) is 0 Å². The Kier molecular flexibility index (Phi) is 2.35. The highest BCUT2D eigenvalue weighted by molar-refractivity contribution is 5.27. The Morgan fingerprint density at radius 2 is 2.00 bits per heavy atom. The summed E-state index contributed by atoms with van der Waals surface area (Å²) in [5.74, 6) is -0.407. The minimum absolute atomic E-state index is 0.697. The minimum Gasteiger partial charge on any atom is -0.460 e. The van der Waals surface area contributed by atoms with Crippen LogP contribution in [0.5, 0.6) is 5.75 Å². The van der Waals surface area contributed by atoms with Crippen LogP contribution in [-0.4, -0.2) is 5.85 Å². The van der Waals surface area contributed by atoms with Crippen LogP contribution in [0.25, 0.3) is 0 Å². The van der Waals surface area contributed by atoms with Gasteiger partial charge in [0.2, 0.25) is 5.85 Å². The van der Waals surface area contributed by atoms with Crippen molar-refractivity contribution in [2.45, 2.75) is 19.7 Å². The summed E-state index contributed by atoms with van der Waals surface area (Å²) in [6.45, 7) is 3.59. The zero-order chi connectivity index (χ0) is 9.19. The number of hydrogen-bond acceptors (Lipinski definition) is 3. The Balaban J connectivity index is 2.77. The lowest BCUT2D eigenvalue weighted by Gasteiger charge is -2.20. The molecule has 0 spiro atoms. The smallest absolute Gasteiger partial charge is 0.209 e. The van der Waals surface area contributed by atoms with Crippen LogP contribution >= 0.6 is 0 Å². The first kappa shape index (κ1) is 9.03. The lowest BCUT2D eigenvalue weighted by molar-refractivity contribution is 0.104. The Morgan fingerprint density at radius 1 is 1.33 bits per heavy atom. The fourth-order valence-corrected chi connectivity index (χ4v) is 0.933. The summed E-state index contributed by atoms with van der Waals surface area (Å²) in [6, 6.07) is 7.59. The molecule has 0 fully saturated rings. The van der Waals surface area contributed by atoms with E-state index in [1.807, 2.05) is 31.2 Å². The van der Waals surface area contributed by atoms with Crippen molar-refractivity contribution in [1.82, 2.24) is 0 Å². The van der Waals surface area contributed by atoms with Crippen molar-refractivity contribution in [3.05, 3.63) is 29.8 Å². The van der Waals surface area contributed by atoms with Gasteiger partial charge in [0.05, 0.1) is 0 Å². The van der Waals surface area contributed by atoms with E-state index >= 15 is 0 Å². The summed E-state index contributed by atoms with van der Waals surface area (Å²) in [5.41, 5.74) is 12.1. The van der Waals surface area contributed by atoms with E-state index in [9.17, 15) is 0 Å². The molecule has 0 aliphatic heterocycles. The van der Waals surface area contributed by atoms with E-state index < -0.39 is 5.85 Å². The maximum Gasteiger partial charge on any atom is 0.209 e. The molecule has 12 heavy (non-hydrogen) atoms. The SMILES string of the molecule is Cc1cccc(OC(C)(N)N)c1. The van der Waals surface area contributed by atoms with Crippen molar-refractivity contribution >= 4 is 0 Å². The summed E-state index contributed by atoms with van der Waals surface area (Å²) in [5, 5.41) is 0. The third-order valence-electron chi connectivity index (χ3n) is 1.33. The van der Waals surface area contributed by atoms with Crippen LogP contribution in [0.2, 0.25) is 0 Å². The molecule has 0 unspecified atom stereocenters. The van der Waals surface area contributed by atoms with Gasteiger partial charge in [-0.25, -0.2) is 0 Å². The van der Waals surface area contributed by atoms with Crippen molar-refractivity contribution < 1.29 is 4.74 Å². The van der Waals surface area contributed by atoms with Crippen LogP contribution in [0, 0.1) is 6.92 Å². The maximum absolute atomic E-state index is 5.47. The fourth-order valence-electron chi connectivity index (χ4n) is 0.933. The molecule has 1 aromatic carbocycles. The largest absolute Gasteiger partial charge is 0.460 e. The molecular formula is C9H14N2O. The molecule has 0 amide bonds. The Hall–Kier alpha value is -1.06. The molecule has 0 radical (unpaired) electrons. The van der Waals surface area contributed by atoms with Gasteiger partial charge in [0, 0.05) is 6.92 Å². The van der Waals surface area contributed by atoms with Crippen molar-refractivity contribution in [3.8, 4) is 5.75 Å². The Labute approximate surface area is 72.3 Å². The van der Waals surface area contributed by atoms with E-state index in [0.29, 0.717) is 5.75 Å². The molecule has 0 aliphatic carbocycles. The first-order valence-electron chi connectivity index (χ1n) is 3.81.